The van der Waals surface area contributed by atoms with Crippen LogP contribution in [0.5, 0.6) is 0 Å². The van der Waals surface area contributed by atoms with Gasteiger partial charge in [0.25, 0.3) is 5.91 Å². The zero-order valence-electron chi connectivity index (χ0n) is 12.5. The zero-order valence-corrected chi connectivity index (χ0v) is 13.3. The molecule has 0 aromatic carbocycles. The lowest BCUT2D eigenvalue weighted by atomic mass is 9.92. The van der Waals surface area contributed by atoms with Crippen LogP contribution in [-0.2, 0) is 6.42 Å². The van der Waals surface area contributed by atoms with E-state index in [1.54, 1.807) is 0 Å². The second-order valence-corrected chi connectivity index (χ2v) is 5.59. The summed E-state index contributed by atoms with van der Waals surface area (Å²) in [6.07, 6.45) is 2.85. The number of nitrogens with zero attached hydrogens (tertiary/aromatic N) is 1. The molecular formula is C15H25ClN2O2. The summed E-state index contributed by atoms with van der Waals surface area (Å²) in [4.78, 5) is 14.4. The Bertz CT molecular complexity index is 459. The van der Waals surface area contributed by atoms with Crippen LogP contribution in [0.3, 0.4) is 0 Å². The van der Waals surface area contributed by atoms with Crippen molar-refractivity contribution >= 4 is 18.3 Å². The summed E-state index contributed by atoms with van der Waals surface area (Å²) in [7, 11) is 0. The van der Waals surface area contributed by atoms with Crippen LogP contribution in [0.1, 0.15) is 48.6 Å². The summed E-state index contributed by atoms with van der Waals surface area (Å²) in [5.74, 6) is 1.99. The quantitative estimate of drug-likeness (QED) is 0.934. The Morgan fingerprint density at radius 1 is 1.55 bits per heavy atom. The first-order chi connectivity index (χ1) is 9.06. The molecule has 1 aromatic heterocycles. The fourth-order valence-electron chi connectivity index (χ4n) is 2.86. The monoisotopic (exact) mass is 300 g/mol. The number of hydrogen-bond acceptors (Lipinski definition) is 3. The summed E-state index contributed by atoms with van der Waals surface area (Å²) in [5, 5.41) is 0. The van der Waals surface area contributed by atoms with Crippen molar-refractivity contribution in [2.24, 2.45) is 11.7 Å². The molecule has 2 unspecified atom stereocenters. The molecule has 4 nitrogen and oxygen atoms in total. The minimum atomic E-state index is -0.00912. The summed E-state index contributed by atoms with van der Waals surface area (Å²) >= 11 is 0. The smallest absolute Gasteiger partial charge is 0.289 e. The Labute approximate surface area is 127 Å². The Hall–Kier alpha value is -1.00. The average molecular weight is 301 g/mol. The molecule has 0 bridgehead atoms. The molecule has 2 N–H and O–H groups in total. The lowest BCUT2D eigenvalue weighted by molar-refractivity contribution is 0.0540. The summed E-state index contributed by atoms with van der Waals surface area (Å²) in [6.45, 7) is 7.54. The number of halogens is 1. The second kappa shape index (κ2) is 7.14. The van der Waals surface area contributed by atoms with Crippen molar-refractivity contribution in [2.45, 2.75) is 46.1 Å². The van der Waals surface area contributed by atoms with Gasteiger partial charge in [-0.1, -0.05) is 13.8 Å². The normalized spacial score (nSPS) is 22.5. The van der Waals surface area contributed by atoms with Gasteiger partial charge in [0.15, 0.2) is 5.76 Å². The molecule has 0 saturated carbocycles. The molecular weight excluding hydrogens is 276 g/mol. The third-order valence-corrected chi connectivity index (χ3v) is 4.06. The highest BCUT2D eigenvalue weighted by molar-refractivity contribution is 5.92. The van der Waals surface area contributed by atoms with E-state index < -0.39 is 0 Å². The fraction of sp³-hybridized carbons (Fsp3) is 0.667. The number of piperidine rings is 1. The first-order valence-corrected chi connectivity index (χ1v) is 7.17. The van der Waals surface area contributed by atoms with E-state index in [-0.39, 0.29) is 24.4 Å². The van der Waals surface area contributed by atoms with Crippen LogP contribution in [-0.4, -0.2) is 29.9 Å². The Morgan fingerprint density at radius 2 is 2.25 bits per heavy atom. The van der Waals surface area contributed by atoms with Gasteiger partial charge in [-0.05, 0) is 37.3 Å². The maximum atomic E-state index is 12.5. The van der Waals surface area contributed by atoms with Crippen molar-refractivity contribution in [1.82, 2.24) is 4.90 Å². The molecule has 1 amide bonds. The van der Waals surface area contributed by atoms with Crippen LogP contribution in [0.25, 0.3) is 0 Å². The van der Waals surface area contributed by atoms with Gasteiger partial charge in [0, 0.05) is 25.6 Å². The molecule has 0 spiro atoms. The predicted molar refractivity (Wildman–Crippen MR) is 82.3 cm³/mol. The first kappa shape index (κ1) is 17.1. The number of rotatable bonds is 3. The van der Waals surface area contributed by atoms with Gasteiger partial charge in [0.05, 0.1) is 0 Å². The van der Waals surface area contributed by atoms with Gasteiger partial charge in [-0.15, -0.1) is 12.4 Å². The molecule has 20 heavy (non-hydrogen) atoms. The molecule has 2 heterocycles. The lowest BCUT2D eigenvalue weighted by Crippen LogP contribution is -2.49. The maximum absolute atomic E-state index is 12.5. The van der Waals surface area contributed by atoms with Crippen LogP contribution in [0.4, 0.5) is 0 Å². The second-order valence-electron chi connectivity index (χ2n) is 5.59. The number of aryl methyl sites for hydroxylation is 2. The molecule has 2 atom stereocenters. The van der Waals surface area contributed by atoms with E-state index in [4.69, 9.17) is 10.2 Å². The zero-order chi connectivity index (χ0) is 14.0. The number of amides is 1. The molecule has 1 aliphatic rings. The predicted octanol–water partition coefficient (Wildman–Crippen LogP) is 2.77. The third kappa shape index (κ3) is 3.36. The molecule has 1 saturated heterocycles. The van der Waals surface area contributed by atoms with Gasteiger partial charge < -0.3 is 15.1 Å². The van der Waals surface area contributed by atoms with E-state index in [9.17, 15) is 4.79 Å². The molecule has 5 heteroatoms. The summed E-state index contributed by atoms with van der Waals surface area (Å²) in [5.41, 5.74) is 6.86. The Balaban J connectivity index is 0.00000200. The third-order valence-electron chi connectivity index (χ3n) is 4.06. The number of nitrogens with two attached hydrogens (primary N) is 1. The van der Waals surface area contributed by atoms with Gasteiger partial charge in [-0.25, -0.2) is 0 Å². The van der Waals surface area contributed by atoms with E-state index >= 15 is 0 Å². The first-order valence-electron chi connectivity index (χ1n) is 7.17. The molecule has 114 valence electrons. The number of carbonyl (C=O) groups is 1. The minimum absolute atomic E-state index is 0. The fourth-order valence-corrected chi connectivity index (χ4v) is 2.86. The number of furan rings is 1. The van der Waals surface area contributed by atoms with Gasteiger partial charge in [0.2, 0.25) is 0 Å². The number of carbonyl (C=O) groups excluding carboxylic acids is 1. The van der Waals surface area contributed by atoms with Gasteiger partial charge in [0.1, 0.15) is 5.76 Å². The summed E-state index contributed by atoms with van der Waals surface area (Å²) in [6, 6.07) is 2.00. The highest BCUT2D eigenvalue weighted by atomic mass is 35.5. The van der Waals surface area contributed by atoms with E-state index in [0.717, 1.165) is 37.1 Å². The molecule has 1 fully saturated rings. The highest BCUT2D eigenvalue weighted by Crippen LogP contribution is 2.25. The van der Waals surface area contributed by atoms with Crippen molar-refractivity contribution in [3.8, 4) is 0 Å². The van der Waals surface area contributed by atoms with E-state index in [1.807, 2.05) is 24.8 Å². The van der Waals surface area contributed by atoms with Gasteiger partial charge >= 0.3 is 0 Å². The minimum Gasteiger partial charge on any atom is -0.456 e. The Morgan fingerprint density at radius 3 is 2.80 bits per heavy atom. The van der Waals surface area contributed by atoms with E-state index in [2.05, 4.69) is 6.92 Å². The standard InChI is InChI=1S/C15H24N2O2.ClH/c1-4-13-11(3)8-14(19-13)15(18)17-6-5-10(2)7-12(17)9-16;/h8,10,12H,4-7,9,16H2,1-3H3;1H. The molecule has 1 aromatic rings. The molecule has 0 radical (unpaired) electrons. The average Bonchev–Trinajstić information content (AvgIpc) is 2.79. The topological polar surface area (TPSA) is 59.5 Å². The highest BCUT2D eigenvalue weighted by Gasteiger charge is 2.31. The molecule has 0 aliphatic carbocycles. The maximum Gasteiger partial charge on any atom is 0.289 e. The van der Waals surface area contributed by atoms with Crippen molar-refractivity contribution in [3.63, 3.8) is 0 Å². The van der Waals surface area contributed by atoms with Crippen LogP contribution in [0.15, 0.2) is 10.5 Å². The van der Waals surface area contributed by atoms with Crippen molar-refractivity contribution in [2.75, 3.05) is 13.1 Å². The summed E-state index contributed by atoms with van der Waals surface area (Å²) < 4.78 is 5.67. The van der Waals surface area contributed by atoms with Crippen LogP contribution < -0.4 is 5.73 Å². The van der Waals surface area contributed by atoms with Crippen molar-refractivity contribution < 1.29 is 9.21 Å². The van der Waals surface area contributed by atoms with Crippen molar-refractivity contribution in [3.05, 3.63) is 23.2 Å². The SMILES string of the molecule is CCc1oc(C(=O)N2CCC(C)CC2CN)cc1C.Cl. The van der Waals surface area contributed by atoms with Gasteiger partial charge in [-0.3, -0.25) is 4.79 Å². The van der Waals surface area contributed by atoms with Crippen molar-refractivity contribution in [1.29, 1.82) is 0 Å². The largest absolute Gasteiger partial charge is 0.456 e. The lowest BCUT2D eigenvalue weighted by Gasteiger charge is -2.37. The van der Waals surface area contributed by atoms with Gasteiger partial charge in [-0.2, -0.15) is 0 Å². The molecule has 2 rings (SSSR count). The number of hydrogen-bond donors (Lipinski definition) is 1. The molecule has 1 aliphatic heterocycles. The van der Waals surface area contributed by atoms with Crippen LogP contribution in [0, 0.1) is 12.8 Å². The van der Waals surface area contributed by atoms with Crippen LogP contribution in [0.2, 0.25) is 0 Å². The van der Waals surface area contributed by atoms with E-state index in [1.165, 1.54) is 0 Å². The number of likely N-dealkylation sites (tertiary alicyclic amines) is 1. The Kier molecular flexibility index (Phi) is 6.08. The van der Waals surface area contributed by atoms with E-state index in [0.29, 0.717) is 18.2 Å². The van der Waals surface area contributed by atoms with Crippen LogP contribution >= 0.6 is 12.4 Å².